The summed E-state index contributed by atoms with van der Waals surface area (Å²) in [6.45, 7) is 1.59. The number of nitrogens with zero attached hydrogens (tertiary/aromatic N) is 3. The molecule has 8 nitrogen and oxygen atoms in total. The number of carboxylic acid groups (broad SMARTS) is 1. The zero-order chi connectivity index (χ0) is 15.4. The van der Waals surface area contributed by atoms with Gasteiger partial charge in [0.1, 0.15) is 4.91 Å². The lowest BCUT2D eigenvalue weighted by Crippen LogP contribution is -1.97. The molecule has 0 radical (unpaired) electrons. The van der Waals surface area contributed by atoms with Crippen molar-refractivity contribution in [2.24, 2.45) is 0 Å². The summed E-state index contributed by atoms with van der Waals surface area (Å²) in [6.07, 6.45) is 1.37. The average Bonchev–Trinajstić information content (AvgIpc) is 2.84. The third kappa shape index (κ3) is 3.89. The fraction of sp³-hybridized carbons (Fsp3) is 0.0833. The molecule has 21 heavy (non-hydrogen) atoms. The Morgan fingerprint density at radius 2 is 2.05 bits per heavy atom. The van der Waals surface area contributed by atoms with Gasteiger partial charge in [-0.05, 0) is 35.5 Å². The Kier molecular flexibility index (Phi) is 4.33. The van der Waals surface area contributed by atoms with Crippen LogP contribution in [0.15, 0.2) is 38.8 Å². The number of carbonyl (C=O) groups is 1. The highest BCUT2D eigenvalue weighted by Gasteiger charge is 2.14. The zero-order valence-corrected chi connectivity index (χ0v) is 11.5. The van der Waals surface area contributed by atoms with E-state index in [0.29, 0.717) is 11.5 Å². The summed E-state index contributed by atoms with van der Waals surface area (Å²) in [5, 5.41) is 27.1. The van der Waals surface area contributed by atoms with Gasteiger partial charge in [0.2, 0.25) is 5.89 Å². The van der Waals surface area contributed by atoms with E-state index in [4.69, 9.17) is 9.52 Å². The fourth-order valence-corrected chi connectivity index (χ4v) is 2.11. The molecular weight excluding hydrogens is 298 g/mol. The molecule has 2 rings (SSSR count). The van der Waals surface area contributed by atoms with Crippen molar-refractivity contribution in [1.29, 1.82) is 0 Å². The van der Waals surface area contributed by atoms with E-state index in [-0.39, 0.29) is 15.8 Å². The number of nitro benzene ring substituents is 1. The van der Waals surface area contributed by atoms with Crippen LogP contribution in [0.1, 0.15) is 11.5 Å². The van der Waals surface area contributed by atoms with Gasteiger partial charge < -0.3 is 9.52 Å². The summed E-state index contributed by atoms with van der Waals surface area (Å²) in [7, 11) is 0. The van der Waals surface area contributed by atoms with E-state index in [1.165, 1.54) is 30.3 Å². The Labute approximate surface area is 122 Å². The van der Waals surface area contributed by atoms with E-state index in [1.807, 2.05) is 0 Å². The molecule has 108 valence electrons. The third-order valence-corrected chi connectivity index (χ3v) is 3.17. The van der Waals surface area contributed by atoms with E-state index in [2.05, 4.69) is 10.2 Å². The molecule has 0 amide bonds. The van der Waals surface area contributed by atoms with Gasteiger partial charge in [0, 0.05) is 19.1 Å². The predicted molar refractivity (Wildman–Crippen MR) is 73.6 cm³/mol. The second-order valence-corrected chi connectivity index (χ2v) is 4.84. The molecule has 1 N–H and O–H groups in total. The molecule has 0 aliphatic rings. The van der Waals surface area contributed by atoms with Crippen LogP contribution in [0.2, 0.25) is 0 Å². The first-order chi connectivity index (χ1) is 9.95. The van der Waals surface area contributed by atoms with E-state index < -0.39 is 10.9 Å². The van der Waals surface area contributed by atoms with Gasteiger partial charge in [0.25, 0.3) is 10.9 Å². The normalized spacial score (nSPS) is 11.4. The first kappa shape index (κ1) is 14.7. The molecule has 0 bridgehead atoms. The molecule has 1 aromatic carbocycles. The number of carboxylic acids is 1. The Morgan fingerprint density at radius 1 is 1.38 bits per heavy atom. The van der Waals surface area contributed by atoms with Gasteiger partial charge in [0.15, 0.2) is 0 Å². The maximum atomic E-state index is 11.2. The van der Waals surface area contributed by atoms with Crippen LogP contribution in [0.3, 0.4) is 0 Å². The maximum absolute atomic E-state index is 11.2. The Hall–Kier alpha value is -2.68. The maximum Gasteiger partial charge on any atom is 0.342 e. The molecular formula is C12H9N3O5S. The van der Waals surface area contributed by atoms with Gasteiger partial charge >= 0.3 is 5.97 Å². The van der Waals surface area contributed by atoms with Crippen LogP contribution in [-0.4, -0.2) is 26.2 Å². The molecule has 0 saturated heterocycles. The van der Waals surface area contributed by atoms with Crippen molar-refractivity contribution < 1.29 is 19.2 Å². The molecule has 2 aromatic rings. The highest BCUT2D eigenvalue weighted by molar-refractivity contribution is 8.03. The Bertz CT molecular complexity index is 708. The van der Waals surface area contributed by atoms with Crippen LogP contribution in [0.25, 0.3) is 6.08 Å². The minimum absolute atomic E-state index is 0.0347. The van der Waals surface area contributed by atoms with E-state index in [1.54, 1.807) is 6.92 Å². The van der Waals surface area contributed by atoms with Crippen molar-refractivity contribution in [3.8, 4) is 0 Å². The second kappa shape index (κ2) is 6.18. The highest BCUT2D eigenvalue weighted by atomic mass is 32.2. The summed E-state index contributed by atoms with van der Waals surface area (Å²) >= 11 is 0.810. The van der Waals surface area contributed by atoms with Gasteiger partial charge in [-0.3, -0.25) is 10.1 Å². The van der Waals surface area contributed by atoms with Crippen molar-refractivity contribution in [3.63, 3.8) is 0 Å². The van der Waals surface area contributed by atoms with Gasteiger partial charge in [-0.25, -0.2) is 4.79 Å². The fourth-order valence-electron chi connectivity index (χ4n) is 1.39. The summed E-state index contributed by atoms with van der Waals surface area (Å²) < 4.78 is 5.10. The predicted octanol–water partition coefficient (Wildman–Crippen LogP) is 2.50. The third-order valence-electron chi connectivity index (χ3n) is 2.32. The molecule has 0 saturated carbocycles. The van der Waals surface area contributed by atoms with Gasteiger partial charge in [-0.1, -0.05) is 0 Å². The lowest BCUT2D eigenvalue weighted by atomic mass is 10.2. The summed E-state index contributed by atoms with van der Waals surface area (Å²) in [5.74, 6) is -0.827. The standard InChI is InChI=1S/C12H9N3O5S/c1-7-13-14-12(20-7)21-10(11(16)17)6-8-2-4-9(5-3-8)15(18)19/h2-6H,1H3,(H,16,17)/b10-6+. The molecule has 0 fully saturated rings. The number of aliphatic carboxylic acids is 1. The van der Waals surface area contributed by atoms with Crippen molar-refractivity contribution in [3.05, 3.63) is 50.7 Å². The number of benzene rings is 1. The number of aryl methyl sites for hydroxylation is 1. The number of hydrogen-bond acceptors (Lipinski definition) is 7. The monoisotopic (exact) mass is 307 g/mol. The largest absolute Gasteiger partial charge is 0.477 e. The van der Waals surface area contributed by atoms with Crippen molar-refractivity contribution in [1.82, 2.24) is 10.2 Å². The Balaban J connectivity index is 2.24. The molecule has 9 heteroatoms. The van der Waals surface area contributed by atoms with Crippen LogP contribution in [0.4, 0.5) is 5.69 Å². The smallest absolute Gasteiger partial charge is 0.342 e. The average molecular weight is 307 g/mol. The minimum atomic E-state index is -1.16. The van der Waals surface area contributed by atoms with Crippen LogP contribution >= 0.6 is 11.8 Å². The molecule has 0 unspecified atom stereocenters. The summed E-state index contributed by atoms with van der Waals surface area (Å²) in [5.41, 5.74) is 0.450. The SMILES string of the molecule is Cc1nnc(S/C(=C/c2ccc([N+](=O)[O-])cc2)C(=O)O)o1. The molecule has 1 heterocycles. The van der Waals surface area contributed by atoms with Gasteiger partial charge in [-0.15, -0.1) is 10.2 Å². The molecule has 0 atom stereocenters. The first-order valence-corrected chi connectivity index (χ1v) is 6.45. The van der Waals surface area contributed by atoms with Gasteiger partial charge in [0.05, 0.1) is 4.92 Å². The van der Waals surface area contributed by atoms with Crippen molar-refractivity contribution in [2.75, 3.05) is 0 Å². The number of aromatic nitrogens is 2. The zero-order valence-electron chi connectivity index (χ0n) is 10.7. The lowest BCUT2D eigenvalue weighted by Gasteiger charge is -1.99. The number of rotatable bonds is 5. The van der Waals surface area contributed by atoms with Crippen LogP contribution < -0.4 is 0 Å². The van der Waals surface area contributed by atoms with E-state index >= 15 is 0 Å². The van der Waals surface area contributed by atoms with Gasteiger partial charge in [-0.2, -0.15) is 0 Å². The number of thioether (sulfide) groups is 1. The molecule has 0 aliphatic carbocycles. The second-order valence-electron chi connectivity index (χ2n) is 3.85. The van der Waals surface area contributed by atoms with Crippen molar-refractivity contribution in [2.45, 2.75) is 12.1 Å². The van der Waals surface area contributed by atoms with Crippen LogP contribution in [0.5, 0.6) is 0 Å². The minimum Gasteiger partial charge on any atom is -0.477 e. The van der Waals surface area contributed by atoms with Crippen LogP contribution in [0, 0.1) is 17.0 Å². The quantitative estimate of drug-likeness (QED) is 0.387. The number of nitro groups is 1. The van der Waals surface area contributed by atoms with E-state index in [9.17, 15) is 14.9 Å². The molecule has 0 spiro atoms. The van der Waals surface area contributed by atoms with E-state index in [0.717, 1.165) is 11.8 Å². The highest BCUT2D eigenvalue weighted by Crippen LogP contribution is 2.27. The summed E-state index contributed by atoms with van der Waals surface area (Å²) in [6, 6.07) is 5.51. The lowest BCUT2D eigenvalue weighted by molar-refractivity contribution is -0.384. The summed E-state index contributed by atoms with van der Waals surface area (Å²) in [4.78, 5) is 21.2. The van der Waals surface area contributed by atoms with Crippen molar-refractivity contribution >= 4 is 29.5 Å². The number of hydrogen-bond donors (Lipinski definition) is 1. The number of non-ortho nitro benzene ring substituents is 1. The Morgan fingerprint density at radius 3 is 2.52 bits per heavy atom. The van der Waals surface area contributed by atoms with Crippen LogP contribution in [-0.2, 0) is 4.79 Å². The topological polar surface area (TPSA) is 119 Å². The molecule has 0 aliphatic heterocycles. The first-order valence-electron chi connectivity index (χ1n) is 5.63. The molecule has 1 aromatic heterocycles.